The summed E-state index contributed by atoms with van der Waals surface area (Å²) in [6.07, 6.45) is 2.92. The molecule has 1 fully saturated rings. The second-order valence-corrected chi connectivity index (χ2v) is 8.53. The highest BCUT2D eigenvalue weighted by atomic mass is 19.4. The second-order valence-electron chi connectivity index (χ2n) is 8.53. The van der Waals surface area contributed by atoms with E-state index in [9.17, 15) is 18.4 Å². The van der Waals surface area contributed by atoms with Crippen molar-refractivity contribution in [3.63, 3.8) is 0 Å². The first-order chi connectivity index (χ1) is 14.3. The number of alkyl halides is 3. The van der Waals surface area contributed by atoms with Gasteiger partial charge >= 0.3 is 6.18 Å². The molecule has 30 heavy (non-hydrogen) atoms. The van der Waals surface area contributed by atoms with Gasteiger partial charge in [-0.3, -0.25) is 10.6 Å². The summed E-state index contributed by atoms with van der Waals surface area (Å²) in [5, 5.41) is 14.6. The molecule has 1 aliphatic carbocycles. The third-order valence-corrected chi connectivity index (χ3v) is 6.11. The highest BCUT2D eigenvalue weighted by Gasteiger charge is 2.38. The number of nitrogens with one attached hydrogen (secondary N) is 2. The van der Waals surface area contributed by atoms with Crippen LogP contribution >= 0.6 is 0 Å². The van der Waals surface area contributed by atoms with Crippen molar-refractivity contribution in [1.82, 2.24) is 15.5 Å². The van der Waals surface area contributed by atoms with Gasteiger partial charge in [0.1, 0.15) is 5.70 Å². The monoisotopic (exact) mass is 422 g/mol. The third kappa shape index (κ3) is 4.59. The van der Waals surface area contributed by atoms with Crippen LogP contribution in [0.2, 0.25) is 0 Å². The van der Waals surface area contributed by atoms with E-state index in [2.05, 4.69) is 28.8 Å². The van der Waals surface area contributed by atoms with Crippen LogP contribution in [0.25, 0.3) is 5.70 Å². The van der Waals surface area contributed by atoms with E-state index in [-0.39, 0.29) is 0 Å². The summed E-state index contributed by atoms with van der Waals surface area (Å²) in [4.78, 5) is 2.32. The summed E-state index contributed by atoms with van der Waals surface area (Å²) in [7, 11) is 2.13. The van der Waals surface area contributed by atoms with Crippen LogP contribution in [0.3, 0.4) is 0 Å². The average molecular weight is 422 g/mol. The average Bonchev–Trinajstić information content (AvgIpc) is 2.76. The van der Waals surface area contributed by atoms with Gasteiger partial charge in [-0.2, -0.15) is 18.3 Å². The Labute approximate surface area is 175 Å². The first kappa shape index (κ1) is 21.1. The normalized spacial score (nSPS) is 23.4. The Kier molecular flexibility index (Phi) is 5.97. The maximum absolute atomic E-state index is 13.2. The molecule has 5 nitrogen and oxygen atoms in total. The number of likely N-dealkylation sites (N-methyl/N-ethyl adjacent to an activating group) is 1. The van der Waals surface area contributed by atoms with Crippen LogP contribution in [-0.4, -0.2) is 47.6 Å². The van der Waals surface area contributed by atoms with Gasteiger partial charge in [-0.1, -0.05) is 12.5 Å². The number of hydrogen-bond donors (Lipinski definition) is 3. The summed E-state index contributed by atoms with van der Waals surface area (Å²) in [5.41, 5.74) is 4.94. The Balaban J connectivity index is 1.68. The van der Waals surface area contributed by atoms with E-state index in [1.807, 2.05) is 12.1 Å². The molecule has 1 aromatic rings. The van der Waals surface area contributed by atoms with Gasteiger partial charge in [0.25, 0.3) is 0 Å². The number of hydroxylamine groups is 1. The minimum atomic E-state index is -4.54. The first-order valence-electron chi connectivity index (χ1n) is 10.7. The molecule has 4 rings (SSSR count). The number of aryl methyl sites for hydroxylation is 1. The predicted octanol–water partition coefficient (Wildman–Crippen LogP) is 4.68. The lowest BCUT2D eigenvalue weighted by Gasteiger charge is -2.32. The van der Waals surface area contributed by atoms with Crippen molar-refractivity contribution >= 4 is 11.4 Å². The third-order valence-electron chi connectivity index (χ3n) is 6.11. The molecule has 0 aromatic heterocycles. The molecule has 2 aliphatic heterocycles. The smallest absolute Gasteiger partial charge is 0.381 e. The molecule has 0 radical (unpaired) electrons. The lowest BCUT2D eigenvalue weighted by atomic mass is 9.95. The zero-order valence-corrected chi connectivity index (χ0v) is 17.2. The minimum absolute atomic E-state index is 0.385. The van der Waals surface area contributed by atoms with Gasteiger partial charge in [0.05, 0.1) is 5.70 Å². The molecule has 0 unspecified atom stereocenters. The molecule has 8 heteroatoms. The SMILES string of the molecule is CN1CCC[C@@H](Nc2ccc3c(c2)CCCCCC2=C3N(O)NC(C(F)(F)F)=C2)C1. The summed E-state index contributed by atoms with van der Waals surface area (Å²) in [5.74, 6) is 0. The molecule has 1 aromatic carbocycles. The number of hydrogen-bond acceptors (Lipinski definition) is 5. The minimum Gasteiger partial charge on any atom is -0.381 e. The van der Waals surface area contributed by atoms with E-state index in [0.29, 0.717) is 28.9 Å². The molecule has 1 atom stereocenters. The highest BCUT2D eigenvalue weighted by molar-refractivity contribution is 5.74. The molecule has 0 spiro atoms. The zero-order valence-electron chi connectivity index (χ0n) is 17.2. The van der Waals surface area contributed by atoms with Crippen molar-refractivity contribution in [1.29, 1.82) is 0 Å². The number of nitrogens with zero attached hydrogens (tertiary/aromatic N) is 2. The summed E-state index contributed by atoms with van der Waals surface area (Å²) in [6.45, 7) is 2.11. The number of piperidine rings is 1. The van der Waals surface area contributed by atoms with Crippen LogP contribution in [0.4, 0.5) is 18.9 Å². The van der Waals surface area contributed by atoms with Crippen molar-refractivity contribution in [2.75, 3.05) is 25.5 Å². The highest BCUT2D eigenvalue weighted by Crippen LogP contribution is 2.37. The standard InChI is InChI=1S/C22H29F3N4O/c1-28-11-5-8-18(14-28)26-17-9-10-19-15(12-17)6-3-2-4-7-16-13-20(22(23,24)25)27-29(30)21(16)19/h9-10,12-13,18,26-27,30H,2-8,11,14H2,1H3/t18-/m1/s1. The van der Waals surface area contributed by atoms with Crippen molar-refractivity contribution in [3.8, 4) is 0 Å². The van der Waals surface area contributed by atoms with Crippen molar-refractivity contribution in [3.05, 3.63) is 46.7 Å². The number of allylic oxidation sites excluding steroid dienone is 3. The van der Waals surface area contributed by atoms with E-state index in [4.69, 9.17) is 0 Å². The zero-order chi connectivity index (χ0) is 21.3. The fraction of sp³-hybridized carbons (Fsp3) is 0.545. The predicted molar refractivity (Wildman–Crippen MR) is 111 cm³/mol. The Bertz CT molecular complexity index is 849. The lowest BCUT2D eigenvalue weighted by Crippen LogP contribution is -2.41. The fourth-order valence-electron chi connectivity index (χ4n) is 4.65. The van der Waals surface area contributed by atoms with Crippen LogP contribution in [0.5, 0.6) is 0 Å². The first-order valence-corrected chi connectivity index (χ1v) is 10.7. The maximum Gasteiger partial charge on any atom is 0.432 e. The Morgan fingerprint density at radius 1 is 1.13 bits per heavy atom. The van der Waals surface area contributed by atoms with Crippen LogP contribution < -0.4 is 10.7 Å². The van der Waals surface area contributed by atoms with Crippen LogP contribution in [0.1, 0.15) is 49.7 Å². The van der Waals surface area contributed by atoms with Gasteiger partial charge in [0, 0.05) is 23.8 Å². The molecule has 164 valence electrons. The molecular formula is C22H29F3N4O. The maximum atomic E-state index is 13.2. The van der Waals surface area contributed by atoms with Crippen LogP contribution in [0, 0.1) is 0 Å². The molecule has 0 bridgehead atoms. The quantitative estimate of drug-likeness (QED) is 0.646. The number of benzene rings is 1. The fourth-order valence-corrected chi connectivity index (χ4v) is 4.65. The van der Waals surface area contributed by atoms with Gasteiger partial charge in [-0.05, 0) is 81.5 Å². The number of rotatable bonds is 2. The van der Waals surface area contributed by atoms with Crippen LogP contribution in [-0.2, 0) is 6.42 Å². The number of likely N-dealkylation sites (tertiary alicyclic amines) is 1. The molecule has 0 amide bonds. The topological polar surface area (TPSA) is 50.8 Å². The van der Waals surface area contributed by atoms with Gasteiger partial charge in [0.2, 0.25) is 0 Å². The summed E-state index contributed by atoms with van der Waals surface area (Å²) < 4.78 is 39.7. The van der Waals surface area contributed by atoms with E-state index < -0.39 is 11.9 Å². The van der Waals surface area contributed by atoms with Crippen molar-refractivity contribution < 1.29 is 18.4 Å². The van der Waals surface area contributed by atoms with Gasteiger partial charge < -0.3 is 10.2 Å². The number of anilines is 1. The van der Waals surface area contributed by atoms with E-state index >= 15 is 0 Å². The Hall–Kier alpha value is -2.19. The number of fused-ring (bicyclic) bond motifs is 2. The van der Waals surface area contributed by atoms with Gasteiger partial charge in [0.15, 0.2) is 0 Å². The molecule has 1 saturated heterocycles. The molecule has 3 N–H and O–H groups in total. The molecule has 2 heterocycles. The van der Waals surface area contributed by atoms with Gasteiger partial charge in [-0.15, -0.1) is 0 Å². The Morgan fingerprint density at radius 2 is 1.93 bits per heavy atom. The van der Waals surface area contributed by atoms with E-state index in [1.165, 1.54) is 0 Å². The molecule has 0 saturated carbocycles. The summed E-state index contributed by atoms with van der Waals surface area (Å²) >= 11 is 0. The molecule has 3 aliphatic rings. The molecular weight excluding hydrogens is 393 g/mol. The number of halogens is 3. The van der Waals surface area contributed by atoms with Crippen LogP contribution in [0.15, 0.2) is 35.5 Å². The lowest BCUT2D eigenvalue weighted by molar-refractivity contribution is -0.132. The number of hydrazine groups is 1. The van der Waals surface area contributed by atoms with Crippen molar-refractivity contribution in [2.45, 2.75) is 57.2 Å². The summed E-state index contributed by atoms with van der Waals surface area (Å²) in [6, 6.07) is 6.36. The van der Waals surface area contributed by atoms with E-state index in [0.717, 1.165) is 74.5 Å². The van der Waals surface area contributed by atoms with E-state index in [1.54, 1.807) is 0 Å². The largest absolute Gasteiger partial charge is 0.432 e. The van der Waals surface area contributed by atoms with Crippen molar-refractivity contribution in [2.24, 2.45) is 0 Å². The van der Waals surface area contributed by atoms with Gasteiger partial charge in [-0.25, -0.2) is 0 Å². The Morgan fingerprint density at radius 3 is 2.70 bits per heavy atom. The second kappa shape index (κ2) is 8.51.